The summed E-state index contributed by atoms with van der Waals surface area (Å²) in [6.45, 7) is 1.52. The Bertz CT molecular complexity index is 395. The second kappa shape index (κ2) is 4.88. The summed E-state index contributed by atoms with van der Waals surface area (Å²) >= 11 is 3.14. The summed E-state index contributed by atoms with van der Waals surface area (Å²) in [4.78, 5) is 26.2. The lowest BCUT2D eigenvalue weighted by Crippen LogP contribution is -2.42. The molecule has 1 aromatic heterocycles. The maximum absolute atomic E-state index is 11.6. The van der Waals surface area contributed by atoms with Crippen LogP contribution in [0, 0.1) is 0 Å². The number of nitrogens with zero attached hydrogens (tertiary/aromatic N) is 1. The van der Waals surface area contributed by atoms with Crippen LogP contribution in [0.5, 0.6) is 0 Å². The molecule has 1 rings (SSSR count). The van der Waals surface area contributed by atoms with E-state index in [1.807, 2.05) is 0 Å². The molecule has 0 radical (unpaired) electrons. The van der Waals surface area contributed by atoms with Gasteiger partial charge in [-0.1, -0.05) is 0 Å². The topological polar surface area (TPSA) is 85.1 Å². The Labute approximate surface area is 95.2 Å². The smallest absolute Gasteiger partial charge is 0.254 e. The van der Waals surface area contributed by atoms with Crippen LogP contribution in [0.4, 0.5) is 0 Å². The van der Waals surface area contributed by atoms with E-state index in [9.17, 15) is 9.59 Å². The van der Waals surface area contributed by atoms with Crippen molar-refractivity contribution >= 4 is 27.7 Å². The maximum atomic E-state index is 11.6. The Balaban J connectivity index is 2.78. The molecule has 0 fully saturated rings. The molecule has 1 aromatic rings. The first-order valence-corrected chi connectivity index (χ1v) is 5.02. The molecule has 0 saturated carbocycles. The van der Waals surface area contributed by atoms with Crippen LogP contribution in [0.25, 0.3) is 0 Å². The number of carbonyl (C=O) groups excluding carboxylic acids is 2. The summed E-state index contributed by atoms with van der Waals surface area (Å²) in [7, 11) is 0. The molecule has 0 aromatic carbocycles. The molecule has 15 heavy (non-hydrogen) atoms. The number of primary amides is 1. The molecular formula is C9H10BrN3O2. The molecule has 1 heterocycles. The second-order valence-electron chi connectivity index (χ2n) is 2.94. The number of amides is 2. The summed E-state index contributed by atoms with van der Waals surface area (Å²) in [6, 6.07) is 2.53. The molecule has 1 unspecified atom stereocenters. The number of halogens is 1. The van der Waals surface area contributed by atoms with Crippen molar-refractivity contribution < 1.29 is 9.59 Å². The van der Waals surface area contributed by atoms with Gasteiger partial charge in [0.25, 0.3) is 5.91 Å². The van der Waals surface area contributed by atoms with Crippen LogP contribution in [0.2, 0.25) is 0 Å². The van der Waals surface area contributed by atoms with Crippen LogP contribution in [-0.2, 0) is 4.79 Å². The predicted molar refractivity (Wildman–Crippen MR) is 58.1 cm³/mol. The Kier molecular flexibility index (Phi) is 3.79. The lowest BCUT2D eigenvalue weighted by atomic mass is 10.2. The molecule has 2 amide bonds. The van der Waals surface area contributed by atoms with Gasteiger partial charge in [0.2, 0.25) is 5.91 Å². The number of hydrogen-bond acceptors (Lipinski definition) is 3. The van der Waals surface area contributed by atoms with Crippen molar-refractivity contribution in [3.8, 4) is 0 Å². The average Bonchev–Trinajstić information content (AvgIpc) is 2.18. The van der Waals surface area contributed by atoms with Gasteiger partial charge in [-0.2, -0.15) is 0 Å². The van der Waals surface area contributed by atoms with E-state index in [-0.39, 0.29) is 5.91 Å². The van der Waals surface area contributed by atoms with Gasteiger partial charge in [-0.3, -0.25) is 9.59 Å². The molecule has 0 aliphatic carbocycles. The molecule has 6 heteroatoms. The highest BCUT2D eigenvalue weighted by Crippen LogP contribution is 2.12. The second-order valence-corrected chi connectivity index (χ2v) is 3.69. The molecule has 0 aliphatic rings. The van der Waals surface area contributed by atoms with Gasteiger partial charge in [-0.05, 0) is 35.0 Å². The monoisotopic (exact) mass is 271 g/mol. The number of nitrogens with two attached hydrogens (primary N) is 1. The van der Waals surface area contributed by atoms with Crippen molar-refractivity contribution in [2.75, 3.05) is 0 Å². The zero-order chi connectivity index (χ0) is 11.4. The maximum Gasteiger partial charge on any atom is 0.254 e. The minimum atomic E-state index is -0.704. The van der Waals surface area contributed by atoms with Crippen LogP contribution in [-0.4, -0.2) is 22.8 Å². The number of hydrogen-bond donors (Lipinski definition) is 2. The normalized spacial score (nSPS) is 11.9. The molecule has 5 nitrogen and oxygen atoms in total. The van der Waals surface area contributed by atoms with Gasteiger partial charge in [0, 0.05) is 6.20 Å². The fourth-order valence-corrected chi connectivity index (χ4v) is 1.33. The van der Waals surface area contributed by atoms with E-state index in [4.69, 9.17) is 5.73 Å². The minimum absolute atomic E-state index is 0.366. The molecular weight excluding hydrogens is 262 g/mol. The summed E-state index contributed by atoms with van der Waals surface area (Å²) in [5.41, 5.74) is 5.39. The van der Waals surface area contributed by atoms with Crippen LogP contribution in [0.1, 0.15) is 17.3 Å². The number of rotatable bonds is 3. The molecule has 0 aliphatic heterocycles. The lowest BCUT2D eigenvalue weighted by molar-refractivity contribution is -0.119. The average molecular weight is 272 g/mol. The first kappa shape index (κ1) is 11.6. The first-order chi connectivity index (χ1) is 7.02. The van der Waals surface area contributed by atoms with Gasteiger partial charge in [0.15, 0.2) is 0 Å². The Hall–Kier alpha value is -1.43. The highest BCUT2D eigenvalue weighted by molar-refractivity contribution is 9.10. The van der Waals surface area contributed by atoms with E-state index in [0.717, 1.165) is 0 Å². The number of carbonyl (C=O) groups is 2. The van der Waals surface area contributed by atoms with Crippen molar-refractivity contribution in [1.82, 2.24) is 10.3 Å². The van der Waals surface area contributed by atoms with Crippen LogP contribution in [0.15, 0.2) is 22.9 Å². The minimum Gasteiger partial charge on any atom is -0.368 e. The fraction of sp³-hybridized carbons (Fsp3) is 0.222. The van der Waals surface area contributed by atoms with Crippen molar-refractivity contribution in [2.45, 2.75) is 13.0 Å². The Morgan fingerprint density at radius 3 is 2.80 bits per heavy atom. The highest BCUT2D eigenvalue weighted by atomic mass is 79.9. The lowest BCUT2D eigenvalue weighted by Gasteiger charge is -2.10. The molecule has 1 atom stereocenters. The molecule has 3 N–H and O–H groups in total. The third-order valence-electron chi connectivity index (χ3n) is 1.78. The van der Waals surface area contributed by atoms with E-state index in [1.54, 1.807) is 18.3 Å². The van der Waals surface area contributed by atoms with E-state index in [1.165, 1.54) is 6.92 Å². The third-order valence-corrected chi connectivity index (χ3v) is 2.41. The van der Waals surface area contributed by atoms with Crippen LogP contribution in [0.3, 0.4) is 0 Å². The molecule has 80 valence electrons. The van der Waals surface area contributed by atoms with Crippen molar-refractivity contribution in [3.05, 3.63) is 28.5 Å². The van der Waals surface area contributed by atoms with Gasteiger partial charge in [0.05, 0.1) is 5.56 Å². The Morgan fingerprint density at radius 1 is 1.60 bits per heavy atom. The Morgan fingerprint density at radius 2 is 2.27 bits per heavy atom. The number of aromatic nitrogens is 1. The van der Waals surface area contributed by atoms with Gasteiger partial charge < -0.3 is 11.1 Å². The van der Waals surface area contributed by atoms with Crippen LogP contribution >= 0.6 is 15.9 Å². The third kappa shape index (κ3) is 3.02. The summed E-state index contributed by atoms with van der Waals surface area (Å²) in [5, 5.41) is 2.45. The molecule has 0 bridgehead atoms. The van der Waals surface area contributed by atoms with Gasteiger partial charge in [-0.25, -0.2) is 4.98 Å². The summed E-state index contributed by atoms with van der Waals surface area (Å²) in [6.07, 6.45) is 1.55. The van der Waals surface area contributed by atoms with E-state index in [2.05, 4.69) is 26.2 Å². The van der Waals surface area contributed by atoms with Crippen molar-refractivity contribution in [3.63, 3.8) is 0 Å². The van der Waals surface area contributed by atoms with E-state index < -0.39 is 11.9 Å². The largest absolute Gasteiger partial charge is 0.368 e. The van der Waals surface area contributed by atoms with E-state index in [0.29, 0.717) is 10.2 Å². The summed E-state index contributed by atoms with van der Waals surface area (Å²) < 4.78 is 0.430. The number of nitrogens with one attached hydrogen (secondary N) is 1. The number of pyridine rings is 1. The van der Waals surface area contributed by atoms with E-state index >= 15 is 0 Å². The highest BCUT2D eigenvalue weighted by Gasteiger charge is 2.15. The molecule has 0 saturated heterocycles. The van der Waals surface area contributed by atoms with Crippen molar-refractivity contribution in [2.24, 2.45) is 5.73 Å². The predicted octanol–water partition coefficient (Wildman–Crippen LogP) is 0.448. The summed E-state index contributed by atoms with van der Waals surface area (Å²) in [5.74, 6) is -0.968. The SMILES string of the molecule is CC(NC(=O)c1cccnc1Br)C(N)=O. The van der Waals surface area contributed by atoms with Gasteiger partial charge >= 0.3 is 0 Å². The van der Waals surface area contributed by atoms with Crippen molar-refractivity contribution in [1.29, 1.82) is 0 Å². The standard InChI is InChI=1S/C9H10BrN3O2/c1-5(8(11)14)13-9(15)6-3-2-4-12-7(6)10/h2-5H,1H3,(H2,11,14)(H,13,15). The van der Waals surface area contributed by atoms with Crippen LogP contribution < -0.4 is 11.1 Å². The van der Waals surface area contributed by atoms with Gasteiger partial charge in [0.1, 0.15) is 10.6 Å². The molecule has 0 spiro atoms. The zero-order valence-corrected chi connectivity index (χ0v) is 9.61. The fourth-order valence-electron chi connectivity index (χ4n) is 0.901. The quantitative estimate of drug-likeness (QED) is 0.783. The van der Waals surface area contributed by atoms with Gasteiger partial charge in [-0.15, -0.1) is 0 Å². The zero-order valence-electron chi connectivity index (χ0n) is 8.03. The first-order valence-electron chi connectivity index (χ1n) is 4.23.